The Balaban J connectivity index is 2.01. The molecule has 0 atom stereocenters. The van der Waals surface area contributed by atoms with Gasteiger partial charge in [-0.2, -0.15) is 0 Å². The quantitative estimate of drug-likeness (QED) is 0.585. The van der Waals surface area contributed by atoms with E-state index >= 15 is 0 Å². The maximum Gasteiger partial charge on any atom is 0.224 e. The van der Waals surface area contributed by atoms with E-state index in [1.807, 2.05) is 4.90 Å². The van der Waals surface area contributed by atoms with Gasteiger partial charge in [0.2, 0.25) is 11.8 Å². The zero-order chi connectivity index (χ0) is 12.5. The molecule has 1 saturated heterocycles. The lowest BCUT2D eigenvalue weighted by Crippen LogP contribution is -2.41. The Kier molecular flexibility index (Phi) is 6.57. The Labute approximate surface area is 102 Å². The van der Waals surface area contributed by atoms with Gasteiger partial charge in [0.15, 0.2) is 0 Å². The van der Waals surface area contributed by atoms with Crippen molar-refractivity contribution in [3.05, 3.63) is 0 Å². The summed E-state index contributed by atoms with van der Waals surface area (Å²) in [5.41, 5.74) is 0. The maximum atomic E-state index is 11.7. The molecule has 0 aromatic carbocycles. The van der Waals surface area contributed by atoms with E-state index in [9.17, 15) is 9.59 Å². The number of nitrogens with zero attached hydrogens (tertiary/aromatic N) is 1. The van der Waals surface area contributed by atoms with Gasteiger partial charge in [0, 0.05) is 46.1 Å². The Bertz CT molecular complexity index is 252. The molecule has 0 bridgehead atoms. The average molecular weight is 243 g/mol. The monoisotopic (exact) mass is 243 g/mol. The van der Waals surface area contributed by atoms with Crippen molar-refractivity contribution >= 4 is 11.8 Å². The molecule has 0 radical (unpaired) electrons. The van der Waals surface area contributed by atoms with E-state index in [-0.39, 0.29) is 11.8 Å². The summed E-state index contributed by atoms with van der Waals surface area (Å²) in [6.07, 6.45) is 0.927. The third kappa shape index (κ3) is 5.65. The second kappa shape index (κ2) is 8.03. The van der Waals surface area contributed by atoms with Crippen LogP contribution < -0.4 is 10.6 Å². The molecule has 6 heteroatoms. The van der Waals surface area contributed by atoms with Crippen LogP contribution in [0.5, 0.6) is 0 Å². The van der Waals surface area contributed by atoms with Gasteiger partial charge in [0.05, 0.1) is 13.2 Å². The second-order valence-electron chi connectivity index (χ2n) is 3.92. The number of morpholine rings is 1. The minimum absolute atomic E-state index is 0.0111. The van der Waals surface area contributed by atoms with Crippen LogP contribution in [0.15, 0.2) is 0 Å². The molecule has 1 heterocycles. The lowest BCUT2D eigenvalue weighted by Gasteiger charge is -2.26. The van der Waals surface area contributed by atoms with Gasteiger partial charge in [-0.1, -0.05) is 0 Å². The minimum Gasteiger partial charge on any atom is -0.378 e. The Morgan fingerprint density at radius 3 is 2.47 bits per heavy atom. The smallest absolute Gasteiger partial charge is 0.224 e. The van der Waals surface area contributed by atoms with E-state index in [4.69, 9.17) is 4.74 Å². The molecule has 0 aliphatic carbocycles. The number of carbonyl (C=O) groups excluding carboxylic acids is 2. The first-order valence-corrected chi connectivity index (χ1v) is 6.01. The van der Waals surface area contributed by atoms with Crippen LogP contribution in [0.4, 0.5) is 0 Å². The molecule has 2 N–H and O–H groups in total. The third-order valence-electron chi connectivity index (χ3n) is 2.69. The van der Waals surface area contributed by atoms with Crippen molar-refractivity contribution < 1.29 is 14.3 Å². The fourth-order valence-corrected chi connectivity index (χ4v) is 1.62. The highest BCUT2D eigenvalue weighted by atomic mass is 16.5. The Hall–Kier alpha value is -1.14. The fraction of sp³-hybridized carbons (Fsp3) is 0.818. The van der Waals surface area contributed by atoms with E-state index in [0.717, 1.165) is 0 Å². The van der Waals surface area contributed by atoms with Gasteiger partial charge >= 0.3 is 0 Å². The summed E-state index contributed by atoms with van der Waals surface area (Å²) < 4.78 is 5.18. The molecule has 1 aliphatic rings. The van der Waals surface area contributed by atoms with Crippen molar-refractivity contribution in [2.75, 3.05) is 46.4 Å². The Morgan fingerprint density at radius 2 is 1.82 bits per heavy atom. The highest BCUT2D eigenvalue weighted by molar-refractivity contribution is 5.76. The van der Waals surface area contributed by atoms with Gasteiger partial charge in [-0.15, -0.1) is 0 Å². The normalized spacial score (nSPS) is 15.7. The number of hydrogen-bond acceptors (Lipinski definition) is 4. The molecule has 1 rings (SSSR count). The number of ether oxygens (including phenoxy) is 1. The molecule has 0 unspecified atom stereocenters. The van der Waals surface area contributed by atoms with Crippen molar-refractivity contribution in [2.45, 2.75) is 12.8 Å². The number of hydrogen-bond donors (Lipinski definition) is 2. The third-order valence-corrected chi connectivity index (χ3v) is 2.69. The molecular formula is C11H21N3O3. The van der Waals surface area contributed by atoms with Crippen LogP contribution in [0.3, 0.4) is 0 Å². The SMILES string of the molecule is CNC(=O)CCNCCC(=O)N1CCOCC1. The highest BCUT2D eigenvalue weighted by Gasteiger charge is 2.15. The van der Waals surface area contributed by atoms with Crippen LogP contribution in [0.2, 0.25) is 0 Å². The molecule has 1 fully saturated rings. The number of rotatable bonds is 6. The van der Waals surface area contributed by atoms with Crippen LogP contribution in [-0.2, 0) is 14.3 Å². The average Bonchev–Trinajstić information content (AvgIpc) is 2.38. The van der Waals surface area contributed by atoms with Gasteiger partial charge < -0.3 is 20.3 Å². The lowest BCUT2D eigenvalue weighted by atomic mass is 10.3. The molecule has 98 valence electrons. The zero-order valence-corrected chi connectivity index (χ0v) is 10.3. The fourth-order valence-electron chi connectivity index (χ4n) is 1.62. The predicted octanol–water partition coefficient (Wildman–Crippen LogP) is -1.04. The van der Waals surface area contributed by atoms with E-state index in [2.05, 4.69) is 10.6 Å². The van der Waals surface area contributed by atoms with Crippen molar-refractivity contribution in [1.29, 1.82) is 0 Å². The first-order valence-electron chi connectivity index (χ1n) is 6.01. The van der Waals surface area contributed by atoms with Crippen LogP contribution in [0.25, 0.3) is 0 Å². The van der Waals surface area contributed by atoms with Crippen LogP contribution in [0.1, 0.15) is 12.8 Å². The summed E-state index contributed by atoms with van der Waals surface area (Å²) in [5, 5.41) is 5.63. The van der Waals surface area contributed by atoms with Crippen molar-refractivity contribution in [3.8, 4) is 0 Å². The van der Waals surface area contributed by atoms with Gasteiger partial charge in [-0.3, -0.25) is 9.59 Å². The standard InChI is InChI=1S/C11H21N3O3/c1-12-10(15)2-4-13-5-3-11(16)14-6-8-17-9-7-14/h13H,2-9H2,1H3,(H,12,15). The topological polar surface area (TPSA) is 70.7 Å². The Morgan fingerprint density at radius 1 is 1.18 bits per heavy atom. The highest BCUT2D eigenvalue weighted by Crippen LogP contribution is 1.99. The summed E-state index contributed by atoms with van der Waals surface area (Å²) >= 11 is 0. The van der Waals surface area contributed by atoms with E-state index in [1.165, 1.54) is 0 Å². The number of carbonyl (C=O) groups is 2. The van der Waals surface area contributed by atoms with Crippen LogP contribution >= 0.6 is 0 Å². The lowest BCUT2D eigenvalue weighted by molar-refractivity contribution is -0.135. The summed E-state index contributed by atoms with van der Waals surface area (Å²) in [7, 11) is 1.62. The predicted molar refractivity (Wildman–Crippen MR) is 63.6 cm³/mol. The van der Waals surface area contributed by atoms with Crippen molar-refractivity contribution in [3.63, 3.8) is 0 Å². The minimum atomic E-state index is 0.0111. The van der Waals surface area contributed by atoms with Crippen LogP contribution in [0, 0.1) is 0 Å². The summed E-state index contributed by atoms with van der Waals surface area (Å²) in [6.45, 7) is 3.88. The molecule has 0 aromatic heterocycles. The van der Waals surface area contributed by atoms with Gasteiger partial charge in [0.1, 0.15) is 0 Å². The summed E-state index contributed by atoms with van der Waals surface area (Å²) in [5.74, 6) is 0.165. The largest absolute Gasteiger partial charge is 0.378 e. The second-order valence-corrected chi connectivity index (χ2v) is 3.92. The van der Waals surface area contributed by atoms with Crippen molar-refractivity contribution in [2.24, 2.45) is 0 Å². The molecule has 17 heavy (non-hydrogen) atoms. The molecule has 1 aliphatic heterocycles. The molecule has 0 saturated carbocycles. The number of amides is 2. The van der Waals surface area contributed by atoms with Crippen molar-refractivity contribution in [1.82, 2.24) is 15.5 Å². The van der Waals surface area contributed by atoms with Gasteiger partial charge in [0.25, 0.3) is 0 Å². The molecule has 2 amide bonds. The number of nitrogens with one attached hydrogen (secondary N) is 2. The first kappa shape index (κ1) is 13.9. The van der Waals surface area contributed by atoms with Crippen LogP contribution in [-0.4, -0.2) is 63.2 Å². The summed E-state index contributed by atoms with van der Waals surface area (Å²) in [6, 6.07) is 0. The summed E-state index contributed by atoms with van der Waals surface area (Å²) in [4.78, 5) is 24.4. The van der Waals surface area contributed by atoms with E-state index < -0.39 is 0 Å². The van der Waals surface area contributed by atoms with Gasteiger partial charge in [-0.05, 0) is 0 Å². The zero-order valence-electron chi connectivity index (χ0n) is 10.3. The van der Waals surface area contributed by atoms with Gasteiger partial charge in [-0.25, -0.2) is 0 Å². The van der Waals surface area contributed by atoms with E-state index in [0.29, 0.717) is 52.2 Å². The molecule has 6 nitrogen and oxygen atoms in total. The van der Waals surface area contributed by atoms with E-state index in [1.54, 1.807) is 7.05 Å². The maximum absolute atomic E-state index is 11.7. The molecular weight excluding hydrogens is 222 g/mol. The first-order chi connectivity index (χ1) is 8.24. The molecule has 0 spiro atoms. The molecule has 0 aromatic rings.